The van der Waals surface area contributed by atoms with Crippen LogP contribution < -0.4 is 10.2 Å². The highest BCUT2D eigenvalue weighted by atomic mass is 19.4. The molecule has 1 aliphatic carbocycles. The van der Waals surface area contributed by atoms with Gasteiger partial charge in [-0.25, -0.2) is 9.18 Å². The summed E-state index contributed by atoms with van der Waals surface area (Å²) in [5.74, 6) is -1.81. The van der Waals surface area contributed by atoms with Crippen molar-refractivity contribution in [2.75, 3.05) is 124 Å². The van der Waals surface area contributed by atoms with Crippen molar-refractivity contribution >= 4 is 41.1 Å². The summed E-state index contributed by atoms with van der Waals surface area (Å²) in [5.41, 5.74) is 1.28. The molecule has 4 aliphatic rings. The molecule has 0 radical (unpaired) electrons. The van der Waals surface area contributed by atoms with Crippen molar-refractivity contribution in [1.82, 2.24) is 29.4 Å². The van der Waals surface area contributed by atoms with Crippen molar-refractivity contribution in [3.8, 4) is 11.1 Å². The monoisotopic (exact) mass is 1360 g/mol. The second kappa shape index (κ2) is 32.1. The molecule has 0 bridgehead atoms. The standard InChI is InChI=1S/C75H87F7N8O8/c1-84(36-14-6-9-22-67(91)86(3)44-45-88-39-31-62(32-40-88)98-71(95)83-65-21-13-11-19-63(65)53-16-7-5-8-17-53)61-29-23-54(24-30-61)69(93)87(4)38-15-37-85(2)68(92)50-96-66-48-55-18-10-12-20-64(55)72(66)33-41-89(42-34-72)43-35-73(57-25-27-60(76)28-26-57)51-90(52-97-73)70(94)56-46-58(74(77,78)79)49-59(47-56)75(80,81)82/h5,7-8,10-13,16-21,23-30,46-47,49,62,66H,6,9,14-15,22,31-45,48,50-52H2,1-4H3,(H,83,95)/t66-,73+/m0/s1. The molecule has 0 unspecified atom stereocenters. The van der Waals surface area contributed by atoms with Crippen LogP contribution in [0, 0.1) is 5.82 Å². The number of anilines is 2. The number of rotatable bonds is 26. The van der Waals surface area contributed by atoms with Crippen molar-refractivity contribution in [2.24, 2.45) is 0 Å². The van der Waals surface area contributed by atoms with Crippen LogP contribution in [0.1, 0.15) is 113 Å². The number of halogens is 7. The van der Waals surface area contributed by atoms with E-state index in [0.29, 0.717) is 100 Å². The maximum Gasteiger partial charge on any atom is 0.416 e. The molecule has 3 heterocycles. The van der Waals surface area contributed by atoms with E-state index in [1.165, 1.54) is 24.3 Å². The lowest BCUT2D eigenvalue weighted by molar-refractivity contribution is -0.143. The fourth-order valence-electron chi connectivity index (χ4n) is 14.0. The average molecular weight is 1360 g/mol. The van der Waals surface area contributed by atoms with E-state index in [-0.39, 0.29) is 55.6 Å². The number of para-hydroxylation sites is 1. The van der Waals surface area contributed by atoms with Gasteiger partial charge in [0, 0.05) is 115 Å². The second-order valence-electron chi connectivity index (χ2n) is 26.5. The van der Waals surface area contributed by atoms with Gasteiger partial charge in [-0.2, -0.15) is 26.3 Å². The summed E-state index contributed by atoms with van der Waals surface area (Å²) in [6.07, 6.45) is -3.97. The fraction of sp³-hybridized carbons (Fsp3) is 0.453. The normalized spacial score (nSPS) is 18.1. The highest BCUT2D eigenvalue weighted by Crippen LogP contribution is 2.49. The largest absolute Gasteiger partial charge is 0.446 e. The van der Waals surface area contributed by atoms with Crippen LogP contribution in [0.15, 0.2) is 146 Å². The Labute approximate surface area is 568 Å². The minimum atomic E-state index is -5.15. The molecule has 2 atom stereocenters. The third kappa shape index (κ3) is 18.1. The molecule has 1 N–H and O–H groups in total. The van der Waals surface area contributed by atoms with Crippen LogP contribution in [0.2, 0.25) is 0 Å². The Hall–Kier alpha value is -8.38. The molecule has 3 saturated heterocycles. The predicted molar refractivity (Wildman–Crippen MR) is 360 cm³/mol. The van der Waals surface area contributed by atoms with E-state index in [1.807, 2.05) is 105 Å². The number of carbonyl (C=O) groups is 5. The summed E-state index contributed by atoms with van der Waals surface area (Å²) in [7, 11) is 7.33. The third-order valence-electron chi connectivity index (χ3n) is 19.9. The average Bonchev–Trinajstić information content (AvgIpc) is 1.58. The van der Waals surface area contributed by atoms with Gasteiger partial charge in [0.05, 0.1) is 29.5 Å². The van der Waals surface area contributed by atoms with Crippen molar-refractivity contribution in [1.29, 1.82) is 0 Å². The van der Waals surface area contributed by atoms with E-state index in [2.05, 4.69) is 32.1 Å². The van der Waals surface area contributed by atoms with Crippen LogP contribution in [0.25, 0.3) is 11.1 Å². The molecule has 3 aliphatic heterocycles. The Morgan fingerprint density at radius 2 is 1.27 bits per heavy atom. The Balaban J connectivity index is 0.610. The molecule has 6 aromatic rings. The maximum atomic E-state index is 14.2. The molecule has 1 spiro atoms. The summed E-state index contributed by atoms with van der Waals surface area (Å²) in [5, 5.41) is 2.93. The first-order chi connectivity index (χ1) is 46.9. The predicted octanol–water partition coefficient (Wildman–Crippen LogP) is 13.0. The molecule has 6 aromatic carbocycles. The summed E-state index contributed by atoms with van der Waals surface area (Å²) < 4.78 is 116. The number of nitrogens with one attached hydrogen (secondary N) is 1. The molecule has 3 fully saturated rings. The van der Waals surface area contributed by atoms with Crippen molar-refractivity contribution in [2.45, 2.75) is 106 Å². The molecule has 5 amide bonds. The topological polar surface area (TPSA) is 148 Å². The number of unbranched alkanes of at least 4 members (excludes halogenated alkanes) is 2. The number of fused-ring (bicyclic) bond motifs is 2. The molecule has 16 nitrogen and oxygen atoms in total. The zero-order chi connectivity index (χ0) is 69.8. The third-order valence-corrected chi connectivity index (χ3v) is 19.9. The summed E-state index contributed by atoms with van der Waals surface area (Å²) in [4.78, 5) is 79.7. The van der Waals surface area contributed by atoms with Gasteiger partial charge in [0.1, 0.15) is 30.9 Å². The molecule has 10 rings (SSSR count). The van der Waals surface area contributed by atoms with E-state index in [4.69, 9.17) is 14.2 Å². The minimum Gasteiger partial charge on any atom is -0.446 e. The first kappa shape index (κ1) is 72.4. The first-order valence-electron chi connectivity index (χ1n) is 33.7. The van der Waals surface area contributed by atoms with Gasteiger partial charge in [0.2, 0.25) is 11.8 Å². The summed E-state index contributed by atoms with van der Waals surface area (Å²) in [6.45, 7) is 5.40. The Morgan fingerprint density at radius 1 is 0.633 bits per heavy atom. The van der Waals surface area contributed by atoms with Crippen LogP contribution in [0.3, 0.4) is 0 Å². The highest BCUT2D eigenvalue weighted by Gasteiger charge is 2.50. The lowest BCUT2D eigenvalue weighted by Gasteiger charge is -2.44. The number of likely N-dealkylation sites (tertiary alicyclic amines) is 2. The molecule has 98 heavy (non-hydrogen) atoms. The molecular formula is C75H87F7N8O8. The van der Waals surface area contributed by atoms with Crippen LogP contribution in [-0.4, -0.2) is 185 Å². The molecule has 23 heteroatoms. The number of nitrogens with zero attached hydrogens (tertiary/aromatic N) is 7. The smallest absolute Gasteiger partial charge is 0.416 e. The Kier molecular flexibility index (Phi) is 23.7. The van der Waals surface area contributed by atoms with Gasteiger partial charge < -0.3 is 48.5 Å². The number of piperidine rings is 2. The number of amides is 5. The van der Waals surface area contributed by atoms with Gasteiger partial charge in [-0.1, -0.05) is 91.3 Å². The van der Waals surface area contributed by atoms with E-state index in [9.17, 15) is 54.7 Å². The zero-order valence-electron chi connectivity index (χ0n) is 56.0. The number of hydrogen-bond acceptors (Lipinski definition) is 11. The van der Waals surface area contributed by atoms with Gasteiger partial charge in [0.25, 0.3) is 11.8 Å². The Morgan fingerprint density at radius 3 is 1.96 bits per heavy atom. The van der Waals surface area contributed by atoms with E-state index < -0.39 is 64.6 Å². The van der Waals surface area contributed by atoms with Crippen LogP contribution >= 0.6 is 0 Å². The number of alkyl halides is 6. The van der Waals surface area contributed by atoms with E-state index in [1.54, 1.807) is 28.8 Å². The SMILES string of the molecule is CN(CCN1CCC(OC(=O)Nc2ccccc2-c2ccccc2)CC1)C(=O)CCCCCN(C)c1ccc(C(=O)N(C)CCCN(C)C(=O)CO[C@H]2Cc3ccccc3C23CCN(CC[C@]2(c4ccc(F)cc4)CN(C(=O)c4cc(C(F)(F)F)cc(C(F)(F)F)c4)CO2)CC3)cc1. The maximum absolute atomic E-state index is 14.2. The number of ether oxygens (including phenoxy) is 3. The van der Waals surface area contributed by atoms with Crippen molar-refractivity contribution in [3.05, 3.63) is 190 Å². The number of benzene rings is 6. The molecule has 0 aromatic heterocycles. The zero-order valence-corrected chi connectivity index (χ0v) is 56.0. The van der Waals surface area contributed by atoms with Crippen molar-refractivity contribution in [3.63, 3.8) is 0 Å². The molecule has 0 saturated carbocycles. The van der Waals surface area contributed by atoms with Gasteiger partial charge in [-0.05, 0) is 154 Å². The van der Waals surface area contributed by atoms with Gasteiger partial charge >= 0.3 is 18.4 Å². The lowest BCUT2D eigenvalue weighted by Crippen LogP contribution is -2.50. The molecular weight excluding hydrogens is 1270 g/mol. The summed E-state index contributed by atoms with van der Waals surface area (Å²) in [6, 6.07) is 39.5. The van der Waals surface area contributed by atoms with E-state index >= 15 is 0 Å². The number of likely N-dealkylation sites (N-methyl/N-ethyl adjacent to an activating group) is 2. The quantitative estimate of drug-likeness (QED) is 0.0409. The van der Waals surface area contributed by atoms with Crippen LogP contribution in [0.5, 0.6) is 0 Å². The van der Waals surface area contributed by atoms with Gasteiger partial charge in [-0.3, -0.25) is 24.5 Å². The van der Waals surface area contributed by atoms with Crippen LogP contribution in [0.4, 0.5) is 46.9 Å². The van der Waals surface area contributed by atoms with Gasteiger partial charge in [0.15, 0.2) is 0 Å². The van der Waals surface area contributed by atoms with Crippen molar-refractivity contribution < 1.29 is 68.9 Å². The van der Waals surface area contributed by atoms with E-state index in [0.717, 1.165) is 91.1 Å². The van der Waals surface area contributed by atoms with Crippen LogP contribution in [-0.2, 0) is 53.6 Å². The number of carbonyl (C=O) groups excluding carboxylic acids is 5. The minimum absolute atomic E-state index is 0.0279. The lowest BCUT2D eigenvalue weighted by atomic mass is 9.72. The highest BCUT2D eigenvalue weighted by molar-refractivity contribution is 5.95. The second-order valence-corrected chi connectivity index (χ2v) is 26.5. The number of hydrogen-bond donors (Lipinski definition) is 1. The summed E-state index contributed by atoms with van der Waals surface area (Å²) >= 11 is 0. The van der Waals surface area contributed by atoms with Gasteiger partial charge in [-0.15, -0.1) is 0 Å². The fourth-order valence-corrected chi connectivity index (χ4v) is 14.0. The molecule has 524 valence electrons. The Bertz CT molecular complexity index is 3660. The first-order valence-corrected chi connectivity index (χ1v) is 33.7.